The fraction of sp³-hybridized carbons (Fsp3) is 0.389. The summed E-state index contributed by atoms with van der Waals surface area (Å²) in [7, 11) is -4.88. The van der Waals surface area contributed by atoms with Crippen LogP contribution < -0.4 is 10.2 Å². The smallest absolute Gasteiger partial charge is 0.341 e. The average Bonchev–Trinajstić information content (AvgIpc) is 2.72. The number of hydrogen-bond acceptors (Lipinski definition) is 6. The molecule has 0 atom stereocenters. The molecule has 0 saturated carbocycles. The second kappa shape index (κ2) is 8.59. The van der Waals surface area contributed by atoms with Crippen LogP contribution in [0.15, 0.2) is 41.4 Å². The molecule has 1 aromatic carbocycles. The minimum atomic E-state index is -4.88. The number of sulfone groups is 1. The van der Waals surface area contributed by atoms with Crippen molar-refractivity contribution in [3.63, 3.8) is 0 Å². The van der Waals surface area contributed by atoms with E-state index in [9.17, 15) is 22.0 Å². The van der Waals surface area contributed by atoms with Crippen molar-refractivity contribution in [3.05, 3.63) is 47.8 Å². The van der Waals surface area contributed by atoms with E-state index >= 15 is 0 Å². The van der Waals surface area contributed by atoms with E-state index in [0.29, 0.717) is 11.6 Å². The van der Waals surface area contributed by atoms with Gasteiger partial charge in [-0.15, -0.1) is 0 Å². The lowest BCUT2D eigenvalue weighted by atomic mass is 10.1. The van der Waals surface area contributed by atoms with Gasteiger partial charge in [0, 0.05) is 19.3 Å². The molecule has 150 valence electrons. The standard InChI is InChI=1S/C18H20F2N4O3S/c19-17(20)28(26,27)15-7-3-2-6-14(15)16(25)22-12-13-8-9-21-18(23-13)24-10-4-1-5-11-24/h2-3,6-9,17H,1,4-5,10-12H2,(H,22,25). The first-order valence-electron chi connectivity index (χ1n) is 8.86. The van der Waals surface area contributed by atoms with Crippen LogP contribution in [0, 0.1) is 0 Å². The highest BCUT2D eigenvalue weighted by atomic mass is 32.2. The molecule has 2 aromatic rings. The number of halogens is 2. The summed E-state index contributed by atoms with van der Waals surface area (Å²) in [4.78, 5) is 22.5. The lowest BCUT2D eigenvalue weighted by molar-refractivity contribution is 0.0947. The van der Waals surface area contributed by atoms with E-state index in [-0.39, 0.29) is 12.1 Å². The predicted octanol–water partition coefficient (Wildman–Crippen LogP) is 2.39. The van der Waals surface area contributed by atoms with Gasteiger partial charge in [-0.1, -0.05) is 12.1 Å². The topological polar surface area (TPSA) is 92.3 Å². The Bertz CT molecular complexity index is 947. The summed E-state index contributed by atoms with van der Waals surface area (Å²) in [5.41, 5.74) is 0.214. The molecule has 0 unspecified atom stereocenters. The molecule has 1 amide bonds. The maximum Gasteiger partial charge on any atom is 0.341 e. The SMILES string of the molecule is O=C(NCc1ccnc(N2CCCCC2)n1)c1ccccc1S(=O)(=O)C(F)F. The van der Waals surface area contributed by atoms with Crippen LogP contribution in [0.2, 0.25) is 0 Å². The Hall–Kier alpha value is -2.62. The molecule has 28 heavy (non-hydrogen) atoms. The number of nitrogens with one attached hydrogen (secondary N) is 1. The highest BCUT2D eigenvalue weighted by molar-refractivity contribution is 7.91. The minimum Gasteiger partial charge on any atom is -0.346 e. The van der Waals surface area contributed by atoms with Gasteiger partial charge in [0.2, 0.25) is 15.8 Å². The van der Waals surface area contributed by atoms with Gasteiger partial charge in [0.15, 0.2) is 0 Å². The van der Waals surface area contributed by atoms with Crippen LogP contribution in [0.4, 0.5) is 14.7 Å². The molecule has 1 saturated heterocycles. The molecule has 0 spiro atoms. The Kier molecular flexibility index (Phi) is 6.18. The molecule has 7 nitrogen and oxygen atoms in total. The highest BCUT2D eigenvalue weighted by Crippen LogP contribution is 2.22. The largest absolute Gasteiger partial charge is 0.346 e. The fourth-order valence-electron chi connectivity index (χ4n) is 2.99. The van der Waals surface area contributed by atoms with Crippen molar-refractivity contribution in [2.45, 2.75) is 36.5 Å². The molecule has 1 fully saturated rings. The quantitative estimate of drug-likeness (QED) is 0.786. The van der Waals surface area contributed by atoms with Crippen molar-refractivity contribution in [2.75, 3.05) is 18.0 Å². The number of carbonyl (C=O) groups excluding carboxylic acids is 1. The summed E-state index contributed by atoms with van der Waals surface area (Å²) in [5, 5.41) is 2.54. The minimum absolute atomic E-state index is 0.0191. The van der Waals surface area contributed by atoms with Crippen LogP contribution in [-0.2, 0) is 16.4 Å². The van der Waals surface area contributed by atoms with Crippen molar-refractivity contribution in [2.24, 2.45) is 0 Å². The Balaban J connectivity index is 1.73. The normalized spacial score (nSPS) is 14.9. The van der Waals surface area contributed by atoms with Crippen LogP contribution in [0.1, 0.15) is 35.3 Å². The van der Waals surface area contributed by atoms with Gasteiger partial charge in [0.05, 0.1) is 22.7 Å². The molecule has 3 rings (SSSR count). The molecule has 1 aromatic heterocycles. The molecule has 1 N–H and O–H groups in total. The molecule has 0 bridgehead atoms. The van der Waals surface area contributed by atoms with Gasteiger partial charge in [-0.25, -0.2) is 18.4 Å². The number of anilines is 1. The van der Waals surface area contributed by atoms with Gasteiger partial charge in [-0.05, 0) is 37.5 Å². The Morgan fingerprint density at radius 2 is 1.86 bits per heavy atom. The molecule has 2 heterocycles. The van der Waals surface area contributed by atoms with E-state index in [1.807, 2.05) is 0 Å². The third-order valence-electron chi connectivity index (χ3n) is 4.44. The van der Waals surface area contributed by atoms with E-state index in [2.05, 4.69) is 20.2 Å². The third kappa shape index (κ3) is 4.44. The summed E-state index contributed by atoms with van der Waals surface area (Å²) in [6.45, 7) is 1.76. The van der Waals surface area contributed by atoms with Crippen molar-refractivity contribution >= 4 is 21.7 Å². The van der Waals surface area contributed by atoms with Gasteiger partial charge in [0.25, 0.3) is 5.91 Å². The number of nitrogens with zero attached hydrogens (tertiary/aromatic N) is 3. The van der Waals surface area contributed by atoms with Crippen LogP contribution in [-0.4, -0.2) is 43.1 Å². The van der Waals surface area contributed by atoms with Crippen molar-refractivity contribution in [1.29, 1.82) is 0 Å². The molecular formula is C18H20F2N4O3S. The second-order valence-electron chi connectivity index (χ2n) is 6.38. The molecule has 0 aliphatic carbocycles. The number of benzene rings is 1. The second-order valence-corrected chi connectivity index (χ2v) is 8.27. The molecule has 0 radical (unpaired) electrons. The van der Waals surface area contributed by atoms with Crippen LogP contribution >= 0.6 is 0 Å². The molecule has 10 heteroatoms. The zero-order valence-electron chi connectivity index (χ0n) is 15.0. The van der Waals surface area contributed by atoms with Crippen molar-refractivity contribution in [3.8, 4) is 0 Å². The maximum atomic E-state index is 12.9. The zero-order valence-corrected chi connectivity index (χ0v) is 15.8. The van der Waals surface area contributed by atoms with E-state index in [0.717, 1.165) is 32.0 Å². The maximum absolute atomic E-state index is 12.9. The number of rotatable bonds is 6. The summed E-state index contributed by atoms with van der Waals surface area (Å²) in [6, 6.07) is 6.54. The van der Waals surface area contributed by atoms with Crippen LogP contribution in [0.3, 0.4) is 0 Å². The fourth-order valence-corrected chi connectivity index (χ4v) is 3.92. The Morgan fingerprint density at radius 3 is 2.57 bits per heavy atom. The predicted molar refractivity (Wildman–Crippen MR) is 98.9 cm³/mol. The summed E-state index contributed by atoms with van der Waals surface area (Å²) in [5.74, 6) is -3.79. The van der Waals surface area contributed by atoms with Gasteiger partial charge in [0.1, 0.15) is 0 Å². The van der Waals surface area contributed by atoms with E-state index in [1.54, 1.807) is 12.3 Å². The van der Waals surface area contributed by atoms with Crippen molar-refractivity contribution in [1.82, 2.24) is 15.3 Å². The van der Waals surface area contributed by atoms with Crippen molar-refractivity contribution < 1.29 is 22.0 Å². The Morgan fingerprint density at radius 1 is 1.14 bits per heavy atom. The van der Waals surface area contributed by atoms with Gasteiger partial charge in [-0.3, -0.25) is 4.79 Å². The number of alkyl halides is 2. The summed E-state index contributed by atoms with van der Waals surface area (Å²) in [6.07, 6.45) is 4.90. The number of carbonyl (C=O) groups is 1. The van der Waals surface area contributed by atoms with E-state index in [1.165, 1.54) is 24.6 Å². The van der Waals surface area contributed by atoms with Crippen LogP contribution in [0.5, 0.6) is 0 Å². The van der Waals surface area contributed by atoms with Gasteiger partial charge in [-0.2, -0.15) is 8.78 Å². The first-order valence-corrected chi connectivity index (χ1v) is 10.4. The first-order chi connectivity index (χ1) is 13.4. The lowest BCUT2D eigenvalue weighted by Crippen LogP contribution is -2.31. The zero-order chi connectivity index (χ0) is 20.1. The first kappa shape index (κ1) is 20.1. The van der Waals surface area contributed by atoms with Crippen LogP contribution in [0.25, 0.3) is 0 Å². The number of amides is 1. The summed E-state index contributed by atoms with van der Waals surface area (Å²) >= 11 is 0. The summed E-state index contributed by atoms with van der Waals surface area (Å²) < 4.78 is 49.3. The number of aromatic nitrogens is 2. The molecule has 1 aliphatic rings. The molecular weight excluding hydrogens is 390 g/mol. The van der Waals surface area contributed by atoms with Gasteiger partial charge < -0.3 is 10.2 Å². The lowest BCUT2D eigenvalue weighted by Gasteiger charge is -2.26. The Labute approximate surface area is 161 Å². The highest BCUT2D eigenvalue weighted by Gasteiger charge is 2.30. The monoisotopic (exact) mass is 410 g/mol. The average molecular weight is 410 g/mol. The van der Waals surface area contributed by atoms with Gasteiger partial charge >= 0.3 is 5.76 Å². The number of hydrogen-bond donors (Lipinski definition) is 1. The third-order valence-corrected chi connectivity index (χ3v) is 5.88. The van der Waals surface area contributed by atoms with E-state index in [4.69, 9.17) is 0 Å². The molecule has 1 aliphatic heterocycles. The van der Waals surface area contributed by atoms with E-state index < -0.39 is 26.4 Å². The number of piperidine rings is 1.